The van der Waals surface area contributed by atoms with Crippen LogP contribution in [-0.2, 0) is 4.79 Å². The van der Waals surface area contributed by atoms with Crippen molar-refractivity contribution in [2.24, 2.45) is 5.92 Å². The highest BCUT2D eigenvalue weighted by Crippen LogP contribution is 2.28. The zero-order valence-corrected chi connectivity index (χ0v) is 9.23. The summed E-state index contributed by atoms with van der Waals surface area (Å²) in [6.45, 7) is 1.94. The first-order valence-corrected chi connectivity index (χ1v) is 5.44. The van der Waals surface area contributed by atoms with Crippen molar-refractivity contribution in [3.05, 3.63) is 29.8 Å². The minimum atomic E-state index is -0.168. The minimum Gasteiger partial charge on any atom is -0.492 e. The molecule has 1 heterocycles. The molecule has 16 heavy (non-hydrogen) atoms. The summed E-state index contributed by atoms with van der Waals surface area (Å²) < 4.78 is 5.51. The average molecular weight is 218 g/mol. The van der Waals surface area contributed by atoms with Crippen molar-refractivity contribution in [3.8, 4) is 5.75 Å². The molecular formula is C13H14O3. The first kappa shape index (κ1) is 10.9. The maximum Gasteiger partial charge on any atom is 0.173 e. The number of rotatable bonds is 3. The fraction of sp³-hybridized carbons (Fsp3) is 0.385. The molecule has 0 saturated heterocycles. The molecule has 0 bridgehead atoms. The van der Waals surface area contributed by atoms with E-state index in [0.717, 1.165) is 0 Å². The van der Waals surface area contributed by atoms with Gasteiger partial charge in [-0.25, -0.2) is 0 Å². The van der Waals surface area contributed by atoms with Gasteiger partial charge in [-0.15, -0.1) is 0 Å². The van der Waals surface area contributed by atoms with Crippen molar-refractivity contribution in [2.75, 3.05) is 6.61 Å². The van der Waals surface area contributed by atoms with Crippen molar-refractivity contribution >= 4 is 11.6 Å². The topological polar surface area (TPSA) is 43.4 Å². The van der Waals surface area contributed by atoms with E-state index in [2.05, 4.69) is 0 Å². The Morgan fingerprint density at radius 3 is 2.94 bits per heavy atom. The number of fused-ring (bicyclic) bond motifs is 1. The van der Waals surface area contributed by atoms with Crippen LogP contribution in [-0.4, -0.2) is 18.2 Å². The predicted octanol–water partition coefficient (Wildman–Crippen LogP) is 2.25. The third-order valence-electron chi connectivity index (χ3n) is 2.81. The summed E-state index contributed by atoms with van der Waals surface area (Å²) in [5, 5.41) is 0. The van der Waals surface area contributed by atoms with E-state index >= 15 is 0 Å². The van der Waals surface area contributed by atoms with Crippen LogP contribution in [0.3, 0.4) is 0 Å². The minimum absolute atomic E-state index is 0.100. The molecular weight excluding hydrogens is 204 g/mol. The van der Waals surface area contributed by atoms with Crippen LogP contribution in [0.4, 0.5) is 0 Å². The van der Waals surface area contributed by atoms with Crippen molar-refractivity contribution in [2.45, 2.75) is 19.8 Å². The van der Waals surface area contributed by atoms with Gasteiger partial charge in [-0.2, -0.15) is 0 Å². The number of para-hydroxylation sites is 1. The van der Waals surface area contributed by atoms with Gasteiger partial charge in [0.2, 0.25) is 0 Å². The van der Waals surface area contributed by atoms with E-state index in [1.165, 1.54) is 0 Å². The van der Waals surface area contributed by atoms with Crippen LogP contribution in [0.15, 0.2) is 24.3 Å². The zero-order chi connectivity index (χ0) is 11.5. The average Bonchev–Trinajstić information content (AvgIpc) is 2.28. The van der Waals surface area contributed by atoms with E-state index in [9.17, 15) is 9.59 Å². The second-order valence-corrected chi connectivity index (χ2v) is 4.11. The summed E-state index contributed by atoms with van der Waals surface area (Å²) in [5.41, 5.74) is 0.641. The normalized spacial score (nSPS) is 18.8. The molecule has 0 saturated carbocycles. The molecule has 3 nitrogen and oxygen atoms in total. The molecule has 0 N–H and O–H groups in total. The van der Waals surface area contributed by atoms with Gasteiger partial charge in [0.1, 0.15) is 11.5 Å². The van der Waals surface area contributed by atoms with Gasteiger partial charge >= 0.3 is 0 Å². The highest BCUT2D eigenvalue weighted by Gasteiger charge is 2.28. The molecule has 1 aliphatic heterocycles. The smallest absolute Gasteiger partial charge is 0.173 e. The summed E-state index contributed by atoms with van der Waals surface area (Å²) in [6, 6.07) is 7.25. The largest absolute Gasteiger partial charge is 0.492 e. The van der Waals surface area contributed by atoms with Crippen molar-refractivity contribution in [1.82, 2.24) is 0 Å². The number of carbonyl (C=O) groups excluding carboxylic acids is 2. The Bertz CT molecular complexity index is 423. The second kappa shape index (κ2) is 4.47. The Balaban J connectivity index is 2.12. The second-order valence-electron chi connectivity index (χ2n) is 4.11. The van der Waals surface area contributed by atoms with E-state index in [-0.39, 0.29) is 17.5 Å². The number of Topliss-reactive ketones (excluding diaryl/α,β-unsaturated/α-hetero) is 2. The van der Waals surface area contributed by atoms with Crippen molar-refractivity contribution in [1.29, 1.82) is 0 Å². The summed E-state index contributed by atoms with van der Waals surface area (Å²) in [6.07, 6.45) is 1.03. The van der Waals surface area contributed by atoms with Gasteiger partial charge in [0, 0.05) is 6.42 Å². The molecule has 1 unspecified atom stereocenters. The number of ether oxygens (including phenoxy) is 1. The van der Waals surface area contributed by atoms with Gasteiger partial charge in [-0.1, -0.05) is 12.1 Å². The zero-order valence-electron chi connectivity index (χ0n) is 9.23. The third-order valence-corrected chi connectivity index (χ3v) is 2.81. The first-order valence-electron chi connectivity index (χ1n) is 5.44. The predicted molar refractivity (Wildman–Crippen MR) is 59.7 cm³/mol. The van der Waals surface area contributed by atoms with Crippen LogP contribution in [0.2, 0.25) is 0 Å². The molecule has 0 fully saturated rings. The highest BCUT2D eigenvalue weighted by atomic mass is 16.5. The Morgan fingerprint density at radius 1 is 1.44 bits per heavy atom. The van der Waals surface area contributed by atoms with Gasteiger partial charge < -0.3 is 9.53 Å². The van der Waals surface area contributed by atoms with Gasteiger partial charge in [0.05, 0.1) is 18.1 Å². The molecule has 2 rings (SSSR count). The van der Waals surface area contributed by atoms with Crippen LogP contribution >= 0.6 is 0 Å². The van der Waals surface area contributed by atoms with E-state index < -0.39 is 0 Å². The molecule has 1 atom stereocenters. The fourth-order valence-corrected chi connectivity index (χ4v) is 1.87. The van der Waals surface area contributed by atoms with E-state index in [0.29, 0.717) is 30.8 Å². The molecule has 0 spiro atoms. The van der Waals surface area contributed by atoms with Gasteiger partial charge in [-0.05, 0) is 25.5 Å². The van der Waals surface area contributed by atoms with Gasteiger partial charge in [0.25, 0.3) is 0 Å². The maximum absolute atomic E-state index is 12.0. The Labute approximate surface area is 94.4 Å². The van der Waals surface area contributed by atoms with Gasteiger partial charge in [-0.3, -0.25) is 4.79 Å². The van der Waals surface area contributed by atoms with E-state index in [4.69, 9.17) is 4.74 Å². The number of carbonyl (C=O) groups is 2. The number of hydrogen-bond donors (Lipinski definition) is 0. The molecule has 0 amide bonds. The number of benzene rings is 1. The van der Waals surface area contributed by atoms with Crippen LogP contribution in [0.5, 0.6) is 5.75 Å². The summed E-state index contributed by atoms with van der Waals surface area (Å²) >= 11 is 0. The summed E-state index contributed by atoms with van der Waals surface area (Å²) in [4.78, 5) is 22.9. The molecule has 1 aromatic carbocycles. The molecule has 3 heteroatoms. The maximum atomic E-state index is 12.0. The Morgan fingerprint density at radius 2 is 2.19 bits per heavy atom. The Kier molecular flexibility index (Phi) is 3.04. The third kappa shape index (κ3) is 2.13. The standard InChI is InChI=1S/C13H14O3/c1-9(14)6-7-10-8-16-12-5-3-2-4-11(12)13(10)15/h2-5,10H,6-8H2,1H3. The lowest BCUT2D eigenvalue weighted by Crippen LogP contribution is -2.28. The molecule has 1 aliphatic rings. The lowest BCUT2D eigenvalue weighted by atomic mass is 9.91. The van der Waals surface area contributed by atoms with Crippen LogP contribution in [0.1, 0.15) is 30.1 Å². The quantitative estimate of drug-likeness (QED) is 0.781. The fourth-order valence-electron chi connectivity index (χ4n) is 1.87. The summed E-state index contributed by atoms with van der Waals surface area (Å²) in [5.74, 6) is 0.708. The van der Waals surface area contributed by atoms with Crippen LogP contribution < -0.4 is 4.74 Å². The molecule has 1 aromatic rings. The SMILES string of the molecule is CC(=O)CCC1COc2ccccc2C1=O. The van der Waals surface area contributed by atoms with Crippen molar-refractivity contribution in [3.63, 3.8) is 0 Å². The molecule has 84 valence electrons. The van der Waals surface area contributed by atoms with Crippen molar-refractivity contribution < 1.29 is 14.3 Å². The van der Waals surface area contributed by atoms with Crippen LogP contribution in [0, 0.1) is 5.92 Å². The van der Waals surface area contributed by atoms with E-state index in [1.54, 1.807) is 19.1 Å². The lowest BCUT2D eigenvalue weighted by molar-refractivity contribution is -0.117. The Hall–Kier alpha value is -1.64. The van der Waals surface area contributed by atoms with Gasteiger partial charge in [0.15, 0.2) is 5.78 Å². The van der Waals surface area contributed by atoms with Crippen LogP contribution in [0.25, 0.3) is 0 Å². The highest BCUT2D eigenvalue weighted by molar-refractivity contribution is 6.01. The monoisotopic (exact) mass is 218 g/mol. The first-order chi connectivity index (χ1) is 7.68. The summed E-state index contributed by atoms with van der Waals surface area (Å²) in [7, 11) is 0. The molecule has 0 aliphatic carbocycles. The number of hydrogen-bond acceptors (Lipinski definition) is 3. The number of ketones is 2. The van der Waals surface area contributed by atoms with E-state index in [1.807, 2.05) is 12.1 Å². The molecule has 0 radical (unpaired) electrons. The molecule has 0 aromatic heterocycles. The lowest BCUT2D eigenvalue weighted by Gasteiger charge is -2.23.